The van der Waals surface area contributed by atoms with Crippen LogP contribution in [0, 0.1) is 0 Å². The van der Waals surface area contributed by atoms with E-state index in [1.54, 1.807) is 10.9 Å². The summed E-state index contributed by atoms with van der Waals surface area (Å²) >= 11 is 0. The number of hydrogen-bond donors (Lipinski definition) is 3. The zero-order chi connectivity index (χ0) is 14.4. The van der Waals surface area contributed by atoms with Crippen molar-refractivity contribution in [1.82, 2.24) is 29.8 Å². The molecule has 0 aliphatic rings. The number of imidazole rings is 1. The third-order valence-electron chi connectivity index (χ3n) is 2.74. The van der Waals surface area contributed by atoms with Crippen molar-refractivity contribution in [3.63, 3.8) is 0 Å². The molecule has 0 aliphatic heterocycles. The van der Waals surface area contributed by atoms with Gasteiger partial charge in [0, 0.05) is 24.6 Å². The lowest BCUT2D eigenvalue weighted by Crippen LogP contribution is -2.23. The van der Waals surface area contributed by atoms with E-state index >= 15 is 0 Å². The van der Waals surface area contributed by atoms with Crippen LogP contribution in [0.15, 0.2) is 29.8 Å². The van der Waals surface area contributed by atoms with Crippen molar-refractivity contribution in [3.05, 3.63) is 30.6 Å². The number of sulfonamides is 1. The molecule has 0 saturated heterocycles. The Balaban J connectivity index is 1.95. The van der Waals surface area contributed by atoms with Crippen molar-refractivity contribution in [2.45, 2.75) is 24.4 Å². The highest BCUT2D eigenvalue weighted by molar-refractivity contribution is 7.89. The van der Waals surface area contributed by atoms with E-state index in [-0.39, 0.29) is 11.4 Å². The quantitative estimate of drug-likeness (QED) is 0.580. The van der Waals surface area contributed by atoms with Gasteiger partial charge in [0.25, 0.3) is 0 Å². The van der Waals surface area contributed by atoms with E-state index in [1.165, 1.54) is 18.7 Å². The summed E-state index contributed by atoms with van der Waals surface area (Å²) in [7, 11) is -1.67. The summed E-state index contributed by atoms with van der Waals surface area (Å²) in [4.78, 5) is 6.83. The van der Waals surface area contributed by atoms with Crippen LogP contribution in [0.4, 0.5) is 0 Å². The lowest BCUT2D eigenvalue weighted by Gasteiger charge is -2.03. The minimum atomic E-state index is -3.54. The van der Waals surface area contributed by atoms with Crippen molar-refractivity contribution in [2.75, 3.05) is 13.6 Å². The SMILES string of the molecule is CNCCCn1cc(S(=O)(=O)NCc2cnc[nH]2)cn1. The third-order valence-corrected chi connectivity index (χ3v) is 4.10. The van der Waals surface area contributed by atoms with Crippen LogP contribution in [-0.2, 0) is 23.1 Å². The van der Waals surface area contributed by atoms with Gasteiger partial charge < -0.3 is 10.3 Å². The maximum absolute atomic E-state index is 12.1. The number of aromatic nitrogens is 4. The summed E-state index contributed by atoms with van der Waals surface area (Å²) in [6.07, 6.45) is 6.85. The first kappa shape index (κ1) is 14.7. The summed E-state index contributed by atoms with van der Waals surface area (Å²) in [6.45, 7) is 1.71. The van der Waals surface area contributed by atoms with Crippen LogP contribution in [-0.4, -0.2) is 41.8 Å². The molecule has 3 N–H and O–H groups in total. The van der Waals surface area contributed by atoms with Gasteiger partial charge in [-0.25, -0.2) is 18.1 Å². The molecule has 20 heavy (non-hydrogen) atoms. The molecule has 2 rings (SSSR count). The molecule has 110 valence electrons. The van der Waals surface area contributed by atoms with Crippen LogP contribution in [0.5, 0.6) is 0 Å². The molecule has 9 heteroatoms. The zero-order valence-corrected chi connectivity index (χ0v) is 12.0. The highest BCUT2D eigenvalue weighted by atomic mass is 32.2. The molecule has 0 amide bonds. The van der Waals surface area contributed by atoms with Gasteiger partial charge in [-0.3, -0.25) is 4.68 Å². The molecule has 0 aromatic carbocycles. The first-order valence-corrected chi connectivity index (χ1v) is 7.74. The Morgan fingerprint density at radius 3 is 2.95 bits per heavy atom. The van der Waals surface area contributed by atoms with Crippen molar-refractivity contribution in [1.29, 1.82) is 0 Å². The van der Waals surface area contributed by atoms with Gasteiger partial charge in [-0.1, -0.05) is 0 Å². The van der Waals surface area contributed by atoms with E-state index in [9.17, 15) is 8.42 Å². The molecule has 0 bridgehead atoms. The van der Waals surface area contributed by atoms with Crippen LogP contribution in [0.2, 0.25) is 0 Å². The van der Waals surface area contributed by atoms with Crippen LogP contribution in [0.25, 0.3) is 0 Å². The molecule has 0 radical (unpaired) electrons. The van der Waals surface area contributed by atoms with Crippen LogP contribution in [0.3, 0.4) is 0 Å². The smallest absolute Gasteiger partial charge is 0.244 e. The molecule has 0 fully saturated rings. The molecule has 0 atom stereocenters. The second-order valence-corrected chi connectivity index (χ2v) is 6.06. The van der Waals surface area contributed by atoms with Crippen molar-refractivity contribution < 1.29 is 8.42 Å². The van der Waals surface area contributed by atoms with Gasteiger partial charge in [-0.15, -0.1) is 0 Å². The molecule has 0 saturated carbocycles. The van der Waals surface area contributed by atoms with Gasteiger partial charge in [-0.2, -0.15) is 5.10 Å². The molecule has 8 nitrogen and oxygen atoms in total. The number of hydrogen-bond acceptors (Lipinski definition) is 5. The normalized spacial score (nSPS) is 11.8. The fraction of sp³-hybridized carbons (Fsp3) is 0.455. The highest BCUT2D eigenvalue weighted by Crippen LogP contribution is 2.08. The molecular formula is C11H18N6O2S. The number of aromatic amines is 1. The predicted molar refractivity (Wildman–Crippen MR) is 73.4 cm³/mol. The molecule has 2 heterocycles. The van der Waals surface area contributed by atoms with E-state index < -0.39 is 10.0 Å². The summed E-state index contributed by atoms with van der Waals surface area (Å²) in [6, 6.07) is 0. The van der Waals surface area contributed by atoms with E-state index in [4.69, 9.17) is 0 Å². The zero-order valence-electron chi connectivity index (χ0n) is 11.2. The average molecular weight is 298 g/mol. The number of nitrogens with zero attached hydrogens (tertiary/aromatic N) is 3. The van der Waals surface area contributed by atoms with Gasteiger partial charge >= 0.3 is 0 Å². The van der Waals surface area contributed by atoms with Gasteiger partial charge in [0.1, 0.15) is 4.90 Å². The van der Waals surface area contributed by atoms with Crippen LogP contribution >= 0.6 is 0 Å². The van der Waals surface area contributed by atoms with Crippen LogP contribution in [0.1, 0.15) is 12.1 Å². The largest absolute Gasteiger partial charge is 0.347 e. The summed E-state index contributed by atoms with van der Waals surface area (Å²) in [5.74, 6) is 0. The fourth-order valence-corrected chi connectivity index (χ4v) is 2.62. The number of H-pyrrole nitrogens is 1. The van der Waals surface area contributed by atoms with Crippen LogP contribution < -0.4 is 10.0 Å². The standard InChI is InChI=1S/C11H18N6O2S/c1-12-3-2-4-17-8-11(7-15-17)20(18,19)16-6-10-5-13-9-14-10/h5,7-9,12,16H,2-4,6H2,1H3,(H,13,14). The van der Waals surface area contributed by atoms with E-state index in [1.807, 2.05) is 7.05 Å². The molecule has 2 aromatic rings. The first-order valence-electron chi connectivity index (χ1n) is 6.26. The Morgan fingerprint density at radius 1 is 1.40 bits per heavy atom. The molecule has 2 aromatic heterocycles. The summed E-state index contributed by atoms with van der Waals surface area (Å²) in [5, 5.41) is 7.08. The monoisotopic (exact) mass is 298 g/mol. The predicted octanol–water partition coefficient (Wildman–Crippen LogP) is -0.306. The topological polar surface area (TPSA) is 105 Å². The lowest BCUT2D eigenvalue weighted by molar-refractivity contribution is 0.560. The fourth-order valence-electron chi connectivity index (χ4n) is 1.66. The maximum atomic E-state index is 12.1. The minimum Gasteiger partial charge on any atom is -0.347 e. The minimum absolute atomic E-state index is 0.168. The Kier molecular flexibility index (Phi) is 4.88. The summed E-state index contributed by atoms with van der Waals surface area (Å²) < 4.78 is 28.2. The van der Waals surface area contributed by atoms with Gasteiger partial charge in [0.2, 0.25) is 10.0 Å². The highest BCUT2D eigenvalue weighted by Gasteiger charge is 2.16. The number of rotatable bonds is 8. The second kappa shape index (κ2) is 6.64. The Morgan fingerprint density at radius 2 is 2.25 bits per heavy atom. The Labute approximate surface area is 117 Å². The number of aryl methyl sites for hydroxylation is 1. The Bertz CT molecular complexity index is 619. The summed E-state index contributed by atoms with van der Waals surface area (Å²) in [5.41, 5.74) is 0.704. The van der Waals surface area contributed by atoms with Crippen molar-refractivity contribution in [3.8, 4) is 0 Å². The van der Waals surface area contributed by atoms with E-state index in [0.717, 1.165) is 13.0 Å². The molecular weight excluding hydrogens is 280 g/mol. The molecule has 0 unspecified atom stereocenters. The van der Waals surface area contributed by atoms with Crippen molar-refractivity contribution in [2.24, 2.45) is 0 Å². The first-order chi connectivity index (χ1) is 9.62. The average Bonchev–Trinajstić information content (AvgIpc) is 3.08. The number of nitrogens with one attached hydrogen (secondary N) is 3. The van der Waals surface area contributed by atoms with Crippen molar-refractivity contribution >= 4 is 10.0 Å². The molecule has 0 spiro atoms. The third kappa shape index (κ3) is 3.89. The van der Waals surface area contributed by atoms with Gasteiger partial charge in [0.15, 0.2) is 0 Å². The van der Waals surface area contributed by atoms with Gasteiger partial charge in [0.05, 0.1) is 19.1 Å². The van der Waals surface area contributed by atoms with E-state index in [0.29, 0.717) is 12.2 Å². The Hall–Kier alpha value is -1.71. The lowest BCUT2D eigenvalue weighted by atomic mass is 10.4. The second-order valence-electron chi connectivity index (χ2n) is 4.30. The molecule has 0 aliphatic carbocycles. The van der Waals surface area contributed by atoms with E-state index in [2.05, 4.69) is 25.1 Å². The van der Waals surface area contributed by atoms with Gasteiger partial charge in [-0.05, 0) is 20.0 Å². The maximum Gasteiger partial charge on any atom is 0.244 e.